The summed E-state index contributed by atoms with van der Waals surface area (Å²) in [6.07, 6.45) is 3.74. The number of ether oxygens (including phenoxy) is 2. The van der Waals surface area contributed by atoms with E-state index in [2.05, 4.69) is 16.4 Å². The topological polar surface area (TPSA) is 43.4 Å². The van der Waals surface area contributed by atoms with Gasteiger partial charge in [0.1, 0.15) is 17.6 Å². The molecule has 1 unspecified atom stereocenters. The SMILES string of the molecule is COc1ccc(OC(C)CNCc2cccnc2)cc1. The molecule has 0 saturated heterocycles. The predicted molar refractivity (Wildman–Crippen MR) is 79.0 cm³/mol. The van der Waals surface area contributed by atoms with Gasteiger partial charge in [0.25, 0.3) is 0 Å². The molecule has 1 N–H and O–H groups in total. The molecular weight excluding hydrogens is 252 g/mol. The third-order valence-electron chi connectivity index (χ3n) is 2.88. The van der Waals surface area contributed by atoms with Gasteiger partial charge in [-0.05, 0) is 42.8 Å². The fourth-order valence-corrected chi connectivity index (χ4v) is 1.85. The Morgan fingerprint density at radius 2 is 1.90 bits per heavy atom. The number of nitrogens with one attached hydrogen (secondary N) is 1. The van der Waals surface area contributed by atoms with E-state index in [4.69, 9.17) is 9.47 Å². The van der Waals surface area contributed by atoms with Gasteiger partial charge in [-0.1, -0.05) is 6.07 Å². The molecule has 20 heavy (non-hydrogen) atoms. The third kappa shape index (κ3) is 4.55. The van der Waals surface area contributed by atoms with Gasteiger partial charge in [-0.25, -0.2) is 0 Å². The van der Waals surface area contributed by atoms with Crippen molar-refractivity contribution in [2.75, 3.05) is 13.7 Å². The lowest BCUT2D eigenvalue weighted by molar-refractivity contribution is 0.216. The zero-order valence-corrected chi connectivity index (χ0v) is 11.9. The highest BCUT2D eigenvalue weighted by Gasteiger charge is 2.04. The van der Waals surface area contributed by atoms with Crippen molar-refractivity contribution in [2.24, 2.45) is 0 Å². The maximum absolute atomic E-state index is 5.82. The summed E-state index contributed by atoms with van der Waals surface area (Å²) < 4.78 is 10.9. The van der Waals surface area contributed by atoms with E-state index in [9.17, 15) is 0 Å². The van der Waals surface area contributed by atoms with Crippen LogP contribution in [-0.4, -0.2) is 24.7 Å². The molecule has 1 atom stereocenters. The highest BCUT2D eigenvalue weighted by molar-refractivity contribution is 5.31. The fourth-order valence-electron chi connectivity index (χ4n) is 1.85. The van der Waals surface area contributed by atoms with Gasteiger partial charge >= 0.3 is 0 Å². The number of methoxy groups -OCH3 is 1. The Morgan fingerprint density at radius 3 is 2.55 bits per heavy atom. The molecule has 4 heteroatoms. The Bertz CT molecular complexity index is 500. The van der Waals surface area contributed by atoms with Gasteiger partial charge in [-0.3, -0.25) is 4.98 Å². The largest absolute Gasteiger partial charge is 0.497 e. The van der Waals surface area contributed by atoms with Gasteiger partial charge in [-0.2, -0.15) is 0 Å². The summed E-state index contributed by atoms with van der Waals surface area (Å²) in [4.78, 5) is 4.08. The number of benzene rings is 1. The van der Waals surface area contributed by atoms with E-state index < -0.39 is 0 Å². The van der Waals surface area contributed by atoms with E-state index in [1.54, 1.807) is 13.3 Å². The van der Waals surface area contributed by atoms with E-state index >= 15 is 0 Å². The first kappa shape index (κ1) is 14.3. The van der Waals surface area contributed by atoms with Crippen LogP contribution in [0.15, 0.2) is 48.8 Å². The van der Waals surface area contributed by atoms with Gasteiger partial charge in [0.05, 0.1) is 7.11 Å². The molecule has 0 spiro atoms. The number of aromatic nitrogens is 1. The number of hydrogen-bond donors (Lipinski definition) is 1. The van der Waals surface area contributed by atoms with Crippen LogP contribution >= 0.6 is 0 Å². The van der Waals surface area contributed by atoms with E-state index in [0.717, 1.165) is 24.6 Å². The van der Waals surface area contributed by atoms with Crippen molar-refractivity contribution in [1.29, 1.82) is 0 Å². The van der Waals surface area contributed by atoms with Crippen molar-refractivity contribution >= 4 is 0 Å². The molecule has 0 aliphatic carbocycles. The normalized spacial score (nSPS) is 11.9. The molecule has 0 aliphatic heterocycles. The molecule has 4 nitrogen and oxygen atoms in total. The Balaban J connectivity index is 1.73. The summed E-state index contributed by atoms with van der Waals surface area (Å²) >= 11 is 0. The van der Waals surface area contributed by atoms with Gasteiger partial charge < -0.3 is 14.8 Å². The Kier molecular flexibility index (Phi) is 5.38. The smallest absolute Gasteiger partial charge is 0.120 e. The van der Waals surface area contributed by atoms with Crippen molar-refractivity contribution in [1.82, 2.24) is 10.3 Å². The van der Waals surface area contributed by atoms with Crippen molar-refractivity contribution in [2.45, 2.75) is 19.6 Å². The first-order valence-electron chi connectivity index (χ1n) is 6.68. The summed E-state index contributed by atoms with van der Waals surface area (Å²) in [6, 6.07) is 11.6. The Hall–Kier alpha value is -2.07. The van der Waals surface area contributed by atoms with Crippen LogP contribution < -0.4 is 14.8 Å². The molecule has 1 heterocycles. The number of pyridine rings is 1. The van der Waals surface area contributed by atoms with Crippen LogP contribution in [0.5, 0.6) is 11.5 Å². The van der Waals surface area contributed by atoms with Crippen molar-refractivity contribution in [3.8, 4) is 11.5 Å². The van der Waals surface area contributed by atoms with Crippen LogP contribution in [0.4, 0.5) is 0 Å². The summed E-state index contributed by atoms with van der Waals surface area (Å²) in [5, 5.41) is 3.35. The second-order valence-corrected chi connectivity index (χ2v) is 4.60. The molecule has 106 valence electrons. The summed E-state index contributed by atoms with van der Waals surface area (Å²) in [6.45, 7) is 3.62. The van der Waals surface area contributed by atoms with Gasteiger partial charge in [0.15, 0.2) is 0 Å². The van der Waals surface area contributed by atoms with E-state index in [1.807, 2.05) is 43.5 Å². The molecule has 0 aliphatic rings. The lowest BCUT2D eigenvalue weighted by Gasteiger charge is -2.15. The maximum Gasteiger partial charge on any atom is 0.120 e. The zero-order chi connectivity index (χ0) is 14.2. The second-order valence-electron chi connectivity index (χ2n) is 4.60. The lowest BCUT2D eigenvalue weighted by Crippen LogP contribution is -2.28. The lowest BCUT2D eigenvalue weighted by atomic mass is 10.3. The Morgan fingerprint density at radius 1 is 1.15 bits per heavy atom. The number of nitrogens with zero attached hydrogens (tertiary/aromatic N) is 1. The first-order valence-corrected chi connectivity index (χ1v) is 6.68. The second kappa shape index (κ2) is 7.50. The van der Waals surface area contributed by atoms with Crippen molar-refractivity contribution in [3.63, 3.8) is 0 Å². The quantitative estimate of drug-likeness (QED) is 0.841. The highest BCUT2D eigenvalue weighted by atomic mass is 16.5. The average Bonchev–Trinajstić information content (AvgIpc) is 2.49. The number of rotatable bonds is 7. The first-order chi connectivity index (χ1) is 9.78. The minimum Gasteiger partial charge on any atom is -0.497 e. The molecule has 1 aromatic heterocycles. The van der Waals surface area contributed by atoms with Crippen LogP contribution in [0, 0.1) is 0 Å². The molecule has 1 aromatic carbocycles. The van der Waals surface area contributed by atoms with E-state index in [1.165, 1.54) is 5.56 Å². The minimum atomic E-state index is 0.0973. The zero-order valence-electron chi connectivity index (χ0n) is 11.9. The van der Waals surface area contributed by atoms with Crippen molar-refractivity contribution < 1.29 is 9.47 Å². The minimum absolute atomic E-state index is 0.0973. The summed E-state index contributed by atoms with van der Waals surface area (Å²) in [5.41, 5.74) is 1.17. The van der Waals surface area contributed by atoms with Gasteiger partial charge in [-0.15, -0.1) is 0 Å². The molecule has 0 saturated carbocycles. The molecule has 0 amide bonds. The van der Waals surface area contributed by atoms with Crippen LogP contribution in [0.2, 0.25) is 0 Å². The molecule has 0 radical (unpaired) electrons. The monoisotopic (exact) mass is 272 g/mol. The summed E-state index contributed by atoms with van der Waals surface area (Å²) in [5.74, 6) is 1.68. The molecule has 0 fully saturated rings. The van der Waals surface area contributed by atoms with Gasteiger partial charge in [0.2, 0.25) is 0 Å². The predicted octanol–water partition coefficient (Wildman–Crippen LogP) is 2.65. The summed E-state index contributed by atoms with van der Waals surface area (Å²) in [7, 11) is 1.65. The molecular formula is C16H20N2O2. The maximum atomic E-state index is 5.82. The van der Waals surface area contributed by atoms with Crippen molar-refractivity contribution in [3.05, 3.63) is 54.4 Å². The molecule has 2 aromatic rings. The standard InChI is InChI=1S/C16H20N2O2/c1-13(10-18-12-14-4-3-9-17-11-14)20-16-7-5-15(19-2)6-8-16/h3-9,11,13,18H,10,12H2,1-2H3. The van der Waals surface area contributed by atoms with Crippen LogP contribution in [0.25, 0.3) is 0 Å². The molecule has 0 bridgehead atoms. The fraction of sp³-hybridized carbons (Fsp3) is 0.312. The Labute approximate surface area is 119 Å². The van der Waals surface area contributed by atoms with Crippen LogP contribution in [-0.2, 0) is 6.54 Å². The van der Waals surface area contributed by atoms with E-state index in [-0.39, 0.29) is 6.10 Å². The van der Waals surface area contributed by atoms with Gasteiger partial charge in [0, 0.05) is 25.5 Å². The van der Waals surface area contributed by atoms with E-state index in [0.29, 0.717) is 0 Å². The van der Waals surface area contributed by atoms with Crippen LogP contribution in [0.1, 0.15) is 12.5 Å². The molecule has 2 rings (SSSR count). The third-order valence-corrected chi connectivity index (χ3v) is 2.88. The van der Waals surface area contributed by atoms with Crippen LogP contribution in [0.3, 0.4) is 0 Å². The average molecular weight is 272 g/mol. The number of hydrogen-bond acceptors (Lipinski definition) is 4. The highest BCUT2D eigenvalue weighted by Crippen LogP contribution is 2.17.